The van der Waals surface area contributed by atoms with Crippen molar-refractivity contribution in [2.45, 2.75) is 19.4 Å². The largest absolute Gasteiger partial charge is 0.349 e. The fourth-order valence-electron chi connectivity index (χ4n) is 2.30. The first-order chi connectivity index (χ1) is 8.16. The summed E-state index contributed by atoms with van der Waals surface area (Å²) >= 11 is 0. The van der Waals surface area contributed by atoms with E-state index in [2.05, 4.69) is 14.9 Å². The number of piperidine rings is 1. The van der Waals surface area contributed by atoms with Crippen molar-refractivity contribution in [3.63, 3.8) is 0 Å². The second kappa shape index (κ2) is 5.31. The summed E-state index contributed by atoms with van der Waals surface area (Å²) < 4.78 is 0. The first-order valence-electron chi connectivity index (χ1n) is 6.08. The van der Waals surface area contributed by atoms with Crippen molar-refractivity contribution in [3.8, 4) is 0 Å². The highest BCUT2D eigenvalue weighted by Crippen LogP contribution is 2.19. The molecular formula is C12H20N4O. The molecule has 0 atom stereocenters. The van der Waals surface area contributed by atoms with E-state index in [0.717, 1.165) is 38.3 Å². The van der Waals surface area contributed by atoms with Crippen LogP contribution in [0.3, 0.4) is 0 Å². The fraction of sp³-hybridized carbons (Fsp3) is 0.667. The molecule has 2 rings (SSSR count). The van der Waals surface area contributed by atoms with Gasteiger partial charge in [0, 0.05) is 32.4 Å². The molecule has 5 heteroatoms. The van der Waals surface area contributed by atoms with Gasteiger partial charge in [-0.25, -0.2) is 4.98 Å². The van der Waals surface area contributed by atoms with E-state index in [1.807, 2.05) is 20.3 Å². The van der Waals surface area contributed by atoms with E-state index in [1.54, 1.807) is 11.1 Å². The Bertz CT molecular complexity index is 353. The summed E-state index contributed by atoms with van der Waals surface area (Å²) in [5, 5.41) is 0. The van der Waals surface area contributed by atoms with Crippen molar-refractivity contribution in [1.82, 2.24) is 19.8 Å². The molecule has 1 aromatic rings. The average molecular weight is 236 g/mol. The van der Waals surface area contributed by atoms with Gasteiger partial charge in [0.25, 0.3) is 0 Å². The molecule has 0 aliphatic carbocycles. The Kier molecular flexibility index (Phi) is 3.78. The highest BCUT2D eigenvalue weighted by molar-refractivity contribution is 5.78. The van der Waals surface area contributed by atoms with Gasteiger partial charge in [-0.1, -0.05) is 0 Å². The second-order valence-electron chi connectivity index (χ2n) is 4.82. The van der Waals surface area contributed by atoms with Crippen LogP contribution in [-0.2, 0) is 11.3 Å². The molecule has 0 bridgehead atoms. The summed E-state index contributed by atoms with van der Waals surface area (Å²) in [6.07, 6.45) is 5.53. The van der Waals surface area contributed by atoms with E-state index >= 15 is 0 Å². The zero-order valence-corrected chi connectivity index (χ0v) is 10.5. The standard InChI is InChI=1S/C12H20N4O/c1-15(2)12(17)10-3-7-16(8-4-10)9-11-13-5-6-14-11/h5-6,10H,3-4,7-9H2,1-2H3,(H,13,14). The molecule has 0 saturated carbocycles. The first-order valence-corrected chi connectivity index (χ1v) is 6.08. The van der Waals surface area contributed by atoms with Gasteiger partial charge in [-0.05, 0) is 25.9 Å². The van der Waals surface area contributed by atoms with Crippen molar-refractivity contribution < 1.29 is 4.79 Å². The molecule has 0 radical (unpaired) electrons. The predicted molar refractivity (Wildman–Crippen MR) is 65.3 cm³/mol. The monoisotopic (exact) mass is 236 g/mol. The Labute approximate surface area is 102 Å². The maximum atomic E-state index is 11.8. The summed E-state index contributed by atoms with van der Waals surface area (Å²) in [7, 11) is 3.66. The number of rotatable bonds is 3. The number of amides is 1. The number of aromatic nitrogens is 2. The quantitative estimate of drug-likeness (QED) is 0.841. The van der Waals surface area contributed by atoms with Crippen molar-refractivity contribution in [2.75, 3.05) is 27.2 Å². The van der Waals surface area contributed by atoms with Crippen molar-refractivity contribution in [3.05, 3.63) is 18.2 Å². The molecule has 5 nitrogen and oxygen atoms in total. The molecule has 1 saturated heterocycles. The number of nitrogens with one attached hydrogen (secondary N) is 1. The molecule has 1 aliphatic heterocycles. The van der Waals surface area contributed by atoms with Crippen LogP contribution in [0.2, 0.25) is 0 Å². The lowest BCUT2D eigenvalue weighted by atomic mass is 9.95. The molecule has 0 aromatic carbocycles. The van der Waals surface area contributed by atoms with E-state index in [-0.39, 0.29) is 11.8 Å². The van der Waals surface area contributed by atoms with Gasteiger partial charge in [-0.3, -0.25) is 9.69 Å². The summed E-state index contributed by atoms with van der Waals surface area (Å²) in [6, 6.07) is 0. The van der Waals surface area contributed by atoms with Crippen LogP contribution in [0.1, 0.15) is 18.7 Å². The summed E-state index contributed by atoms with van der Waals surface area (Å²) in [5.41, 5.74) is 0. The zero-order valence-electron chi connectivity index (χ0n) is 10.5. The number of likely N-dealkylation sites (tertiary alicyclic amines) is 1. The number of imidazole rings is 1. The van der Waals surface area contributed by atoms with Crippen LogP contribution in [0.25, 0.3) is 0 Å². The lowest BCUT2D eigenvalue weighted by Crippen LogP contribution is -2.39. The average Bonchev–Trinajstić information content (AvgIpc) is 2.82. The molecule has 1 aliphatic rings. The molecule has 1 N–H and O–H groups in total. The van der Waals surface area contributed by atoms with E-state index in [9.17, 15) is 4.79 Å². The number of carbonyl (C=O) groups is 1. The maximum Gasteiger partial charge on any atom is 0.225 e. The third kappa shape index (κ3) is 3.06. The lowest BCUT2D eigenvalue weighted by Gasteiger charge is -2.31. The van der Waals surface area contributed by atoms with Crippen LogP contribution >= 0.6 is 0 Å². The minimum absolute atomic E-state index is 0.206. The van der Waals surface area contributed by atoms with Gasteiger partial charge in [0.1, 0.15) is 5.82 Å². The Hall–Kier alpha value is -1.36. The maximum absolute atomic E-state index is 11.8. The van der Waals surface area contributed by atoms with Gasteiger partial charge in [-0.2, -0.15) is 0 Å². The Morgan fingerprint density at radius 3 is 2.76 bits per heavy atom. The Morgan fingerprint density at radius 1 is 1.53 bits per heavy atom. The molecule has 1 fully saturated rings. The predicted octanol–water partition coefficient (Wildman–Crippen LogP) is 0.710. The van der Waals surface area contributed by atoms with Crippen molar-refractivity contribution in [2.24, 2.45) is 5.92 Å². The third-order valence-electron chi connectivity index (χ3n) is 3.31. The number of aromatic amines is 1. The number of nitrogens with zero attached hydrogens (tertiary/aromatic N) is 3. The summed E-state index contributed by atoms with van der Waals surface area (Å²) in [5.74, 6) is 1.47. The second-order valence-corrected chi connectivity index (χ2v) is 4.82. The van der Waals surface area contributed by atoms with Crippen LogP contribution in [0, 0.1) is 5.92 Å². The summed E-state index contributed by atoms with van der Waals surface area (Å²) in [4.78, 5) is 23.2. The van der Waals surface area contributed by atoms with Gasteiger partial charge >= 0.3 is 0 Å². The molecular weight excluding hydrogens is 216 g/mol. The Morgan fingerprint density at radius 2 is 2.24 bits per heavy atom. The summed E-state index contributed by atoms with van der Waals surface area (Å²) in [6.45, 7) is 2.81. The molecule has 94 valence electrons. The molecule has 0 spiro atoms. The molecule has 2 heterocycles. The van der Waals surface area contributed by atoms with Crippen molar-refractivity contribution in [1.29, 1.82) is 0 Å². The minimum atomic E-state index is 0.206. The number of hydrogen-bond donors (Lipinski definition) is 1. The molecule has 0 unspecified atom stereocenters. The first kappa shape index (κ1) is 12.1. The third-order valence-corrected chi connectivity index (χ3v) is 3.31. The van der Waals surface area contributed by atoms with Crippen LogP contribution in [-0.4, -0.2) is 52.9 Å². The van der Waals surface area contributed by atoms with E-state index < -0.39 is 0 Å². The van der Waals surface area contributed by atoms with Gasteiger partial charge in [-0.15, -0.1) is 0 Å². The normalized spacial score (nSPS) is 18.2. The highest BCUT2D eigenvalue weighted by Gasteiger charge is 2.26. The van der Waals surface area contributed by atoms with Crippen LogP contribution in [0.4, 0.5) is 0 Å². The van der Waals surface area contributed by atoms with Gasteiger partial charge in [0.15, 0.2) is 0 Å². The number of carbonyl (C=O) groups excluding carboxylic acids is 1. The number of hydrogen-bond acceptors (Lipinski definition) is 3. The minimum Gasteiger partial charge on any atom is -0.349 e. The highest BCUT2D eigenvalue weighted by atomic mass is 16.2. The van der Waals surface area contributed by atoms with Gasteiger partial charge in [0.05, 0.1) is 6.54 Å². The van der Waals surface area contributed by atoms with Crippen LogP contribution in [0.15, 0.2) is 12.4 Å². The molecule has 17 heavy (non-hydrogen) atoms. The fourth-order valence-corrected chi connectivity index (χ4v) is 2.30. The van der Waals surface area contributed by atoms with Gasteiger partial charge < -0.3 is 9.88 Å². The van der Waals surface area contributed by atoms with E-state index in [4.69, 9.17) is 0 Å². The van der Waals surface area contributed by atoms with Crippen molar-refractivity contribution >= 4 is 5.91 Å². The van der Waals surface area contributed by atoms with Crippen LogP contribution in [0.5, 0.6) is 0 Å². The molecule has 1 amide bonds. The smallest absolute Gasteiger partial charge is 0.225 e. The van der Waals surface area contributed by atoms with Gasteiger partial charge in [0.2, 0.25) is 5.91 Å². The lowest BCUT2D eigenvalue weighted by molar-refractivity contribution is -0.134. The Balaban J connectivity index is 1.80. The number of H-pyrrole nitrogens is 1. The van der Waals surface area contributed by atoms with E-state index in [1.165, 1.54) is 0 Å². The zero-order chi connectivity index (χ0) is 12.3. The SMILES string of the molecule is CN(C)C(=O)C1CCN(Cc2ncc[nH]2)CC1. The van der Waals surface area contributed by atoms with E-state index in [0.29, 0.717) is 0 Å². The molecule has 1 aromatic heterocycles. The van der Waals surface area contributed by atoms with Crippen LogP contribution < -0.4 is 0 Å². The topological polar surface area (TPSA) is 52.2 Å².